The van der Waals surface area contributed by atoms with Crippen LogP contribution in [0.5, 0.6) is 0 Å². The number of aromatic nitrogens is 4. The van der Waals surface area contributed by atoms with E-state index in [9.17, 15) is 4.39 Å². The summed E-state index contributed by atoms with van der Waals surface area (Å²) in [4.78, 5) is 6.22. The molecular weight excluding hydrogens is 393 g/mol. The minimum absolute atomic E-state index is 0.116. The largest absolute Gasteiger partial charge is 0.379 e. The monoisotopic (exact) mass is 421 g/mol. The van der Waals surface area contributed by atoms with E-state index in [1.807, 2.05) is 22.9 Å². The summed E-state index contributed by atoms with van der Waals surface area (Å²) < 4.78 is 21.9. The third-order valence-electron chi connectivity index (χ3n) is 6.84. The Hall–Kier alpha value is -2.64. The second-order valence-electron chi connectivity index (χ2n) is 8.85. The Balaban J connectivity index is 1.27. The van der Waals surface area contributed by atoms with Gasteiger partial charge in [-0.05, 0) is 36.3 Å². The van der Waals surface area contributed by atoms with Gasteiger partial charge in [-0.25, -0.2) is 9.07 Å². The first-order chi connectivity index (χ1) is 15.2. The number of pyridine rings is 1. The van der Waals surface area contributed by atoms with Crippen LogP contribution in [0.1, 0.15) is 35.7 Å². The molecule has 1 aromatic carbocycles. The van der Waals surface area contributed by atoms with Crippen molar-refractivity contribution in [3.63, 3.8) is 0 Å². The first-order valence-electron chi connectivity index (χ1n) is 11.0. The Bertz CT molecular complexity index is 1010. The smallest absolute Gasteiger partial charge is 0.145 e. The van der Waals surface area contributed by atoms with Gasteiger partial charge in [0.1, 0.15) is 5.82 Å². The van der Waals surface area contributed by atoms with E-state index in [0.29, 0.717) is 18.4 Å². The normalized spacial score (nSPS) is 26.1. The van der Waals surface area contributed by atoms with Gasteiger partial charge >= 0.3 is 0 Å². The van der Waals surface area contributed by atoms with Gasteiger partial charge in [0, 0.05) is 51.1 Å². The zero-order valence-electron chi connectivity index (χ0n) is 17.8. The summed E-state index contributed by atoms with van der Waals surface area (Å²) in [6.07, 6.45) is 7.93. The summed E-state index contributed by atoms with van der Waals surface area (Å²) in [7, 11) is 1.79. The van der Waals surface area contributed by atoms with E-state index >= 15 is 0 Å². The highest BCUT2D eigenvalue weighted by molar-refractivity contribution is 5.20. The fourth-order valence-corrected chi connectivity index (χ4v) is 5.28. The van der Waals surface area contributed by atoms with Crippen LogP contribution in [0.25, 0.3) is 0 Å². The summed E-state index contributed by atoms with van der Waals surface area (Å²) in [6, 6.07) is 12.3. The molecule has 0 radical (unpaired) electrons. The molecular formula is C24H28FN5O. The molecule has 31 heavy (non-hydrogen) atoms. The predicted octanol–water partition coefficient (Wildman–Crippen LogP) is 3.50. The van der Waals surface area contributed by atoms with Crippen molar-refractivity contribution in [2.75, 3.05) is 20.2 Å². The van der Waals surface area contributed by atoms with Crippen molar-refractivity contribution in [1.82, 2.24) is 24.9 Å². The van der Waals surface area contributed by atoms with Gasteiger partial charge in [-0.3, -0.25) is 9.88 Å². The van der Waals surface area contributed by atoms with Gasteiger partial charge in [0.05, 0.1) is 24.0 Å². The van der Waals surface area contributed by atoms with E-state index in [-0.39, 0.29) is 18.0 Å². The number of halogens is 1. The van der Waals surface area contributed by atoms with Gasteiger partial charge in [-0.2, -0.15) is 0 Å². The van der Waals surface area contributed by atoms with Crippen LogP contribution in [0.4, 0.5) is 4.39 Å². The molecule has 0 N–H and O–H groups in total. The molecule has 4 atom stereocenters. The SMILES string of the molecule is CO[C@@H]1C[C@H]2CN(Cc3ccncc3F)C[C@H]2C[C@H]1n1cc(Cc2ccccc2)nn1. The van der Waals surface area contributed by atoms with Crippen molar-refractivity contribution in [3.8, 4) is 0 Å². The molecule has 162 valence electrons. The summed E-state index contributed by atoms with van der Waals surface area (Å²) in [5, 5.41) is 8.88. The molecule has 7 heteroatoms. The number of likely N-dealkylation sites (tertiary alicyclic amines) is 1. The molecule has 5 rings (SSSR count). The minimum atomic E-state index is -0.224. The van der Waals surface area contributed by atoms with Crippen molar-refractivity contribution in [3.05, 3.63) is 77.6 Å². The number of hydrogen-bond donors (Lipinski definition) is 0. The van der Waals surface area contributed by atoms with Crippen molar-refractivity contribution < 1.29 is 9.13 Å². The maximum atomic E-state index is 14.0. The number of hydrogen-bond acceptors (Lipinski definition) is 5. The van der Waals surface area contributed by atoms with Crippen LogP contribution < -0.4 is 0 Å². The second-order valence-corrected chi connectivity index (χ2v) is 8.85. The van der Waals surface area contributed by atoms with Crippen LogP contribution in [0.2, 0.25) is 0 Å². The van der Waals surface area contributed by atoms with E-state index in [2.05, 4.69) is 38.5 Å². The number of nitrogens with zero attached hydrogens (tertiary/aromatic N) is 5. The van der Waals surface area contributed by atoms with Crippen LogP contribution >= 0.6 is 0 Å². The molecule has 1 aliphatic carbocycles. The number of rotatable bonds is 6. The third-order valence-corrected chi connectivity index (χ3v) is 6.84. The molecule has 0 amide bonds. The zero-order valence-corrected chi connectivity index (χ0v) is 17.8. The molecule has 1 aliphatic heterocycles. The highest BCUT2D eigenvalue weighted by atomic mass is 19.1. The van der Waals surface area contributed by atoms with Crippen LogP contribution in [-0.2, 0) is 17.7 Å². The third kappa shape index (κ3) is 4.38. The van der Waals surface area contributed by atoms with Gasteiger partial charge in [-0.15, -0.1) is 5.10 Å². The first-order valence-corrected chi connectivity index (χ1v) is 11.0. The Kier molecular flexibility index (Phi) is 5.78. The van der Waals surface area contributed by atoms with E-state index in [0.717, 1.165) is 43.6 Å². The number of methoxy groups -OCH3 is 1. The molecule has 2 aliphatic rings. The van der Waals surface area contributed by atoms with E-state index in [1.54, 1.807) is 19.4 Å². The van der Waals surface area contributed by atoms with Gasteiger partial charge in [0.25, 0.3) is 0 Å². The standard InChI is InChI=1S/C24H28FN5O/c1-31-24-11-20-15-29(13-18-7-8-26-12-22(18)25)14-19(20)10-23(24)30-16-21(27-28-30)9-17-5-3-2-4-6-17/h2-8,12,16,19-20,23-24H,9-11,13-15H2,1H3/t19-,20+,23-,24-/m1/s1. The molecule has 1 saturated carbocycles. The molecule has 2 fully saturated rings. The van der Waals surface area contributed by atoms with Crippen LogP contribution in [-0.4, -0.2) is 51.2 Å². The molecule has 0 unspecified atom stereocenters. The van der Waals surface area contributed by atoms with E-state index in [4.69, 9.17) is 4.74 Å². The average Bonchev–Trinajstić information content (AvgIpc) is 3.41. The first kappa shape index (κ1) is 20.3. The van der Waals surface area contributed by atoms with Crippen LogP contribution in [0.15, 0.2) is 55.0 Å². The lowest BCUT2D eigenvalue weighted by Crippen LogP contribution is -2.37. The molecule has 2 aromatic heterocycles. The Morgan fingerprint density at radius 2 is 1.90 bits per heavy atom. The van der Waals surface area contributed by atoms with E-state index < -0.39 is 0 Å². The average molecular weight is 422 g/mol. The lowest BCUT2D eigenvalue weighted by Gasteiger charge is -2.37. The molecule has 6 nitrogen and oxygen atoms in total. The number of fused-ring (bicyclic) bond motifs is 1. The maximum Gasteiger partial charge on any atom is 0.145 e. The summed E-state index contributed by atoms with van der Waals surface area (Å²) in [5.41, 5.74) is 2.93. The Morgan fingerprint density at radius 3 is 2.68 bits per heavy atom. The summed E-state index contributed by atoms with van der Waals surface area (Å²) >= 11 is 0. The Morgan fingerprint density at radius 1 is 1.10 bits per heavy atom. The maximum absolute atomic E-state index is 14.0. The number of benzene rings is 1. The highest BCUT2D eigenvalue weighted by Gasteiger charge is 2.43. The second kappa shape index (κ2) is 8.85. The van der Waals surface area contributed by atoms with Gasteiger partial charge in [0.15, 0.2) is 0 Å². The fourth-order valence-electron chi connectivity index (χ4n) is 5.28. The molecule has 3 heterocycles. The highest BCUT2D eigenvalue weighted by Crippen LogP contribution is 2.42. The van der Waals surface area contributed by atoms with Gasteiger partial charge < -0.3 is 4.74 Å². The van der Waals surface area contributed by atoms with Crippen molar-refractivity contribution in [2.24, 2.45) is 11.8 Å². The summed E-state index contributed by atoms with van der Waals surface area (Å²) in [6.45, 7) is 2.59. The molecule has 0 spiro atoms. The van der Waals surface area contributed by atoms with Gasteiger partial charge in [0.2, 0.25) is 0 Å². The molecule has 1 saturated heterocycles. The van der Waals surface area contributed by atoms with E-state index in [1.165, 1.54) is 11.8 Å². The van der Waals surface area contributed by atoms with Crippen LogP contribution in [0.3, 0.4) is 0 Å². The zero-order chi connectivity index (χ0) is 21.2. The summed E-state index contributed by atoms with van der Waals surface area (Å²) in [5.74, 6) is 0.903. The quantitative estimate of drug-likeness (QED) is 0.610. The number of ether oxygens (including phenoxy) is 1. The van der Waals surface area contributed by atoms with Crippen molar-refractivity contribution in [2.45, 2.75) is 38.0 Å². The predicted molar refractivity (Wildman–Crippen MR) is 115 cm³/mol. The van der Waals surface area contributed by atoms with Crippen LogP contribution in [0, 0.1) is 17.7 Å². The lowest BCUT2D eigenvalue weighted by molar-refractivity contribution is -0.00546. The topological polar surface area (TPSA) is 56.1 Å². The Labute approximate surface area is 182 Å². The molecule has 0 bridgehead atoms. The van der Waals surface area contributed by atoms with Crippen molar-refractivity contribution in [1.29, 1.82) is 0 Å². The van der Waals surface area contributed by atoms with Gasteiger partial charge in [-0.1, -0.05) is 35.5 Å². The fraction of sp³-hybridized carbons (Fsp3) is 0.458. The minimum Gasteiger partial charge on any atom is -0.379 e. The molecule has 3 aromatic rings. The lowest BCUT2D eigenvalue weighted by atomic mass is 9.77. The van der Waals surface area contributed by atoms with Crippen molar-refractivity contribution >= 4 is 0 Å².